The maximum atomic E-state index is 12.5. The van der Waals surface area contributed by atoms with Gasteiger partial charge in [-0.1, -0.05) is 12.1 Å². The molecule has 0 spiro atoms. The van der Waals surface area contributed by atoms with E-state index in [4.69, 9.17) is 4.74 Å². The number of amides is 3. The standard InChI is InChI=1S/C22H21N3O4/c1-29-17-6-7-19-18(11-17)15(12-23-19)10-20(26)24-16-4-2-13(3-5-16)8-14-9-21(27)25-22(14)28/h2-7,11-12,14,23H,8-10H2,1H3,(H,24,26)(H,25,27,28). The van der Waals surface area contributed by atoms with Crippen LogP contribution in [-0.2, 0) is 27.2 Å². The molecule has 1 saturated heterocycles. The van der Waals surface area contributed by atoms with Crippen molar-refractivity contribution in [2.24, 2.45) is 5.92 Å². The molecule has 1 aliphatic heterocycles. The molecule has 1 atom stereocenters. The summed E-state index contributed by atoms with van der Waals surface area (Å²) in [4.78, 5) is 38.6. The van der Waals surface area contributed by atoms with Crippen molar-refractivity contribution in [3.8, 4) is 5.75 Å². The van der Waals surface area contributed by atoms with E-state index >= 15 is 0 Å². The number of nitrogens with one attached hydrogen (secondary N) is 3. The minimum absolute atomic E-state index is 0.123. The van der Waals surface area contributed by atoms with E-state index in [1.54, 1.807) is 19.2 Å². The topological polar surface area (TPSA) is 100 Å². The second kappa shape index (κ2) is 7.79. The number of aromatic nitrogens is 1. The van der Waals surface area contributed by atoms with E-state index in [1.165, 1.54) is 0 Å². The van der Waals surface area contributed by atoms with Crippen molar-refractivity contribution < 1.29 is 19.1 Å². The average Bonchev–Trinajstić information content (AvgIpc) is 3.25. The molecule has 4 rings (SSSR count). The van der Waals surface area contributed by atoms with Crippen LogP contribution in [0.3, 0.4) is 0 Å². The van der Waals surface area contributed by atoms with Crippen LogP contribution in [0.15, 0.2) is 48.7 Å². The zero-order valence-electron chi connectivity index (χ0n) is 16.0. The number of hydrogen-bond donors (Lipinski definition) is 3. The molecule has 0 radical (unpaired) electrons. The molecule has 0 saturated carbocycles. The highest BCUT2D eigenvalue weighted by Gasteiger charge is 2.30. The first-order chi connectivity index (χ1) is 14.0. The first kappa shape index (κ1) is 18.7. The molecule has 0 bridgehead atoms. The average molecular weight is 391 g/mol. The smallest absolute Gasteiger partial charge is 0.230 e. The van der Waals surface area contributed by atoms with Gasteiger partial charge in [0.05, 0.1) is 19.4 Å². The normalized spacial score (nSPS) is 16.1. The third-order valence-electron chi connectivity index (χ3n) is 5.11. The van der Waals surface area contributed by atoms with Crippen LogP contribution >= 0.6 is 0 Å². The maximum absolute atomic E-state index is 12.5. The number of methoxy groups -OCH3 is 1. The summed E-state index contributed by atoms with van der Waals surface area (Å²) in [5.41, 5.74) is 3.47. The number of anilines is 1. The molecular weight excluding hydrogens is 370 g/mol. The maximum Gasteiger partial charge on any atom is 0.230 e. The van der Waals surface area contributed by atoms with Gasteiger partial charge in [-0.25, -0.2) is 0 Å². The van der Waals surface area contributed by atoms with Crippen LogP contribution in [0.5, 0.6) is 5.75 Å². The Labute approximate surface area is 167 Å². The van der Waals surface area contributed by atoms with Crippen LogP contribution < -0.4 is 15.4 Å². The van der Waals surface area contributed by atoms with E-state index in [2.05, 4.69) is 15.6 Å². The summed E-state index contributed by atoms with van der Waals surface area (Å²) in [5.74, 6) is -0.141. The van der Waals surface area contributed by atoms with Crippen molar-refractivity contribution in [1.82, 2.24) is 10.3 Å². The van der Waals surface area contributed by atoms with Crippen molar-refractivity contribution in [3.05, 3.63) is 59.8 Å². The van der Waals surface area contributed by atoms with Gasteiger partial charge < -0.3 is 15.0 Å². The van der Waals surface area contributed by atoms with Crippen molar-refractivity contribution >= 4 is 34.3 Å². The third kappa shape index (κ3) is 4.13. The number of rotatable bonds is 6. The fraction of sp³-hybridized carbons (Fsp3) is 0.227. The van der Waals surface area contributed by atoms with Gasteiger partial charge >= 0.3 is 0 Å². The second-order valence-corrected chi connectivity index (χ2v) is 7.16. The molecule has 1 fully saturated rings. The molecule has 1 aromatic heterocycles. The molecule has 7 heteroatoms. The van der Waals surface area contributed by atoms with Crippen LogP contribution in [0, 0.1) is 5.92 Å². The summed E-state index contributed by atoms with van der Waals surface area (Å²) < 4.78 is 5.26. The zero-order chi connectivity index (χ0) is 20.4. The highest BCUT2D eigenvalue weighted by molar-refractivity contribution is 6.03. The molecule has 3 N–H and O–H groups in total. The van der Waals surface area contributed by atoms with E-state index in [0.29, 0.717) is 12.1 Å². The van der Waals surface area contributed by atoms with Crippen LogP contribution in [0.1, 0.15) is 17.5 Å². The lowest BCUT2D eigenvalue weighted by Crippen LogP contribution is -2.22. The van der Waals surface area contributed by atoms with Gasteiger partial charge in [0, 0.05) is 29.2 Å². The number of imide groups is 1. The molecule has 3 amide bonds. The number of carbonyl (C=O) groups is 3. The summed E-state index contributed by atoms with van der Waals surface area (Å²) in [5, 5.41) is 6.17. The van der Waals surface area contributed by atoms with E-state index in [-0.39, 0.29) is 36.5 Å². The van der Waals surface area contributed by atoms with Gasteiger partial charge in [-0.2, -0.15) is 0 Å². The van der Waals surface area contributed by atoms with Gasteiger partial charge in [0.15, 0.2) is 0 Å². The lowest BCUT2D eigenvalue weighted by Gasteiger charge is -2.09. The highest BCUT2D eigenvalue weighted by Crippen LogP contribution is 2.24. The largest absolute Gasteiger partial charge is 0.497 e. The van der Waals surface area contributed by atoms with Gasteiger partial charge in [-0.05, 0) is 47.9 Å². The van der Waals surface area contributed by atoms with E-state index in [0.717, 1.165) is 27.8 Å². The summed E-state index contributed by atoms with van der Waals surface area (Å²) in [6, 6.07) is 13.0. The van der Waals surface area contributed by atoms with E-state index < -0.39 is 0 Å². The Morgan fingerprint density at radius 1 is 1.17 bits per heavy atom. The Bertz CT molecular complexity index is 1090. The molecule has 2 heterocycles. The lowest BCUT2D eigenvalue weighted by molar-refractivity contribution is -0.125. The Morgan fingerprint density at radius 2 is 1.97 bits per heavy atom. The number of hydrogen-bond acceptors (Lipinski definition) is 4. The molecule has 0 aliphatic carbocycles. The van der Waals surface area contributed by atoms with Crippen LogP contribution in [0.4, 0.5) is 5.69 Å². The number of fused-ring (bicyclic) bond motifs is 1. The van der Waals surface area contributed by atoms with Gasteiger partial charge in [0.2, 0.25) is 17.7 Å². The van der Waals surface area contributed by atoms with Crippen LogP contribution in [0.2, 0.25) is 0 Å². The molecule has 1 unspecified atom stereocenters. The summed E-state index contributed by atoms with van der Waals surface area (Å²) >= 11 is 0. The molecule has 2 aromatic carbocycles. The quantitative estimate of drug-likeness (QED) is 0.562. The fourth-order valence-corrected chi connectivity index (χ4v) is 3.59. The molecular formula is C22H21N3O4. The summed E-state index contributed by atoms with van der Waals surface area (Å²) in [7, 11) is 1.61. The summed E-state index contributed by atoms with van der Waals surface area (Å²) in [6.07, 6.45) is 2.80. The minimum Gasteiger partial charge on any atom is -0.497 e. The SMILES string of the molecule is COc1ccc2[nH]cc(CC(=O)Nc3ccc(CC4CC(=O)NC4=O)cc3)c2c1. The number of aromatic amines is 1. The van der Waals surface area contributed by atoms with Crippen molar-refractivity contribution in [2.45, 2.75) is 19.3 Å². The van der Waals surface area contributed by atoms with Gasteiger partial charge in [0.25, 0.3) is 0 Å². The number of H-pyrrole nitrogens is 1. The molecule has 29 heavy (non-hydrogen) atoms. The third-order valence-corrected chi connectivity index (χ3v) is 5.11. The van der Waals surface area contributed by atoms with Gasteiger partial charge in [-0.15, -0.1) is 0 Å². The van der Waals surface area contributed by atoms with Crippen LogP contribution in [0.25, 0.3) is 10.9 Å². The first-order valence-electron chi connectivity index (χ1n) is 9.38. The highest BCUT2D eigenvalue weighted by atomic mass is 16.5. The molecule has 1 aliphatic rings. The Morgan fingerprint density at radius 3 is 2.66 bits per heavy atom. The monoisotopic (exact) mass is 391 g/mol. The van der Waals surface area contributed by atoms with E-state index in [9.17, 15) is 14.4 Å². The Hall–Kier alpha value is -3.61. The van der Waals surface area contributed by atoms with Crippen molar-refractivity contribution in [2.75, 3.05) is 12.4 Å². The second-order valence-electron chi connectivity index (χ2n) is 7.16. The zero-order valence-corrected chi connectivity index (χ0v) is 16.0. The number of carbonyl (C=O) groups excluding carboxylic acids is 3. The van der Waals surface area contributed by atoms with Crippen molar-refractivity contribution in [1.29, 1.82) is 0 Å². The van der Waals surface area contributed by atoms with E-state index in [1.807, 2.05) is 36.5 Å². The Kier molecular flexibility index (Phi) is 5.03. The molecule has 3 aromatic rings. The minimum atomic E-state index is -0.318. The van der Waals surface area contributed by atoms with Gasteiger partial charge in [0.1, 0.15) is 5.75 Å². The first-order valence-corrected chi connectivity index (χ1v) is 9.38. The molecule has 148 valence electrons. The molecule has 7 nitrogen and oxygen atoms in total. The van der Waals surface area contributed by atoms with Crippen molar-refractivity contribution in [3.63, 3.8) is 0 Å². The predicted octanol–water partition coefficient (Wildman–Crippen LogP) is 2.56. The fourth-order valence-electron chi connectivity index (χ4n) is 3.59. The van der Waals surface area contributed by atoms with Crippen LogP contribution in [-0.4, -0.2) is 29.8 Å². The predicted molar refractivity (Wildman–Crippen MR) is 109 cm³/mol. The van der Waals surface area contributed by atoms with Gasteiger partial charge in [-0.3, -0.25) is 19.7 Å². The number of benzene rings is 2. The Balaban J connectivity index is 1.39. The summed E-state index contributed by atoms with van der Waals surface area (Å²) in [6.45, 7) is 0. The number of ether oxygens (including phenoxy) is 1. The lowest BCUT2D eigenvalue weighted by atomic mass is 9.98.